The fourth-order valence-electron chi connectivity index (χ4n) is 2.62. The van der Waals surface area contributed by atoms with Crippen LogP contribution in [0.5, 0.6) is 0 Å². The van der Waals surface area contributed by atoms with E-state index in [0.29, 0.717) is 11.1 Å². The highest BCUT2D eigenvalue weighted by Crippen LogP contribution is 2.15. The summed E-state index contributed by atoms with van der Waals surface area (Å²) in [5.41, 5.74) is 0.887. The van der Waals surface area contributed by atoms with Crippen molar-refractivity contribution in [2.75, 3.05) is 13.1 Å². The van der Waals surface area contributed by atoms with Gasteiger partial charge in [0.05, 0.1) is 5.56 Å². The van der Waals surface area contributed by atoms with Crippen LogP contribution < -0.4 is 16.2 Å². The first-order chi connectivity index (χ1) is 9.74. The molecule has 2 aromatic rings. The lowest BCUT2D eigenvalue weighted by molar-refractivity contribution is 0.0931. The summed E-state index contributed by atoms with van der Waals surface area (Å²) in [6.07, 6.45) is 1.85. The van der Waals surface area contributed by atoms with Crippen LogP contribution in [-0.4, -0.2) is 30.0 Å². The van der Waals surface area contributed by atoms with E-state index < -0.39 is 0 Å². The first-order valence-corrected chi connectivity index (χ1v) is 6.88. The molecule has 6 heteroatoms. The molecule has 0 spiro atoms. The molecule has 0 atom stereocenters. The summed E-state index contributed by atoms with van der Waals surface area (Å²) in [5, 5.41) is 7.06. The zero-order chi connectivity index (χ0) is 13.9. The van der Waals surface area contributed by atoms with Crippen molar-refractivity contribution in [3.63, 3.8) is 0 Å². The molecule has 1 amide bonds. The Labute approximate surface area is 128 Å². The summed E-state index contributed by atoms with van der Waals surface area (Å²) in [7, 11) is 0. The van der Waals surface area contributed by atoms with Gasteiger partial charge in [0.1, 0.15) is 0 Å². The van der Waals surface area contributed by atoms with Crippen molar-refractivity contribution in [2.24, 2.45) is 0 Å². The molecule has 1 fully saturated rings. The van der Waals surface area contributed by atoms with Crippen molar-refractivity contribution in [3.8, 4) is 0 Å². The van der Waals surface area contributed by atoms with Crippen molar-refractivity contribution < 1.29 is 4.79 Å². The molecule has 0 unspecified atom stereocenters. The highest BCUT2D eigenvalue weighted by atomic mass is 35.5. The summed E-state index contributed by atoms with van der Waals surface area (Å²) in [6, 6.07) is 8.91. The number of H-pyrrole nitrogens is 1. The Balaban J connectivity index is 0.00000161. The second-order valence-electron chi connectivity index (χ2n) is 5.09. The maximum absolute atomic E-state index is 12.4. The third-order valence-electron chi connectivity index (χ3n) is 3.67. The van der Waals surface area contributed by atoms with E-state index in [1.165, 1.54) is 6.07 Å². The lowest BCUT2D eigenvalue weighted by atomic mass is 10.0. The van der Waals surface area contributed by atoms with Gasteiger partial charge in [0.2, 0.25) is 5.56 Å². The van der Waals surface area contributed by atoms with E-state index in [9.17, 15) is 9.59 Å². The average molecular weight is 308 g/mol. The van der Waals surface area contributed by atoms with Crippen LogP contribution in [0, 0.1) is 0 Å². The predicted molar refractivity (Wildman–Crippen MR) is 85.2 cm³/mol. The fraction of sp³-hybridized carbons (Fsp3) is 0.333. The number of hydrogen-bond acceptors (Lipinski definition) is 3. The summed E-state index contributed by atoms with van der Waals surface area (Å²) in [4.78, 5) is 26.8. The third kappa shape index (κ3) is 3.43. The monoisotopic (exact) mass is 307 g/mol. The number of para-hydroxylation sites is 1. The van der Waals surface area contributed by atoms with Gasteiger partial charge in [-0.2, -0.15) is 0 Å². The molecule has 3 N–H and O–H groups in total. The van der Waals surface area contributed by atoms with Gasteiger partial charge in [0.25, 0.3) is 5.91 Å². The average Bonchev–Trinajstić information content (AvgIpc) is 2.47. The van der Waals surface area contributed by atoms with Gasteiger partial charge < -0.3 is 15.6 Å². The van der Waals surface area contributed by atoms with Crippen molar-refractivity contribution in [1.29, 1.82) is 0 Å². The Morgan fingerprint density at radius 1 is 1.19 bits per heavy atom. The number of carbonyl (C=O) groups excluding carboxylic acids is 1. The van der Waals surface area contributed by atoms with Crippen LogP contribution in [0.1, 0.15) is 23.2 Å². The van der Waals surface area contributed by atoms with Gasteiger partial charge in [-0.3, -0.25) is 9.59 Å². The standard InChI is InChI=1S/C15H17N3O2.ClH/c19-14-9-12(11-3-1-2-4-13(11)18-14)15(20)17-10-5-7-16-8-6-10;/h1-4,9-10,16H,5-8H2,(H,17,20)(H,18,19);1H. The van der Waals surface area contributed by atoms with Gasteiger partial charge in [-0.1, -0.05) is 18.2 Å². The van der Waals surface area contributed by atoms with E-state index in [4.69, 9.17) is 0 Å². The SMILES string of the molecule is Cl.O=C(NC1CCNCC1)c1cc(=O)[nH]c2ccccc12. The largest absolute Gasteiger partial charge is 0.349 e. The molecule has 0 radical (unpaired) electrons. The van der Waals surface area contributed by atoms with Crippen LogP contribution in [0.2, 0.25) is 0 Å². The highest BCUT2D eigenvalue weighted by Gasteiger charge is 2.18. The van der Waals surface area contributed by atoms with E-state index in [2.05, 4.69) is 15.6 Å². The molecule has 5 nitrogen and oxygen atoms in total. The van der Waals surface area contributed by atoms with Crippen molar-refractivity contribution in [3.05, 3.63) is 46.2 Å². The molecule has 1 aliphatic heterocycles. The normalized spacial score (nSPS) is 15.4. The van der Waals surface area contributed by atoms with Crippen LogP contribution >= 0.6 is 12.4 Å². The van der Waals surface area contributed by atoms with Gasteiger partial charge in [-0.25, -0.2) is 0 Å². The molecule has 1 aliphatic rings. The van der Waals surface area contributed by atoms with Crippen molar-refractivity contribution in [1.82, 2.24) is 15.6 Å². The second kappa shape index (κ2) is 6.74. The number of halogens is 1. The Morgan fingerprint density at radius 3 is 2.67 bits per heavy atom. The molecule has 1 aromatic heterocycles. The Kier molecular flexibility index (Phi) is 4.98. The number of aromatic nitrogens is 1. The zero-order valence-corrected chi connectivity index (χ0v) is 12.3. The minimum Gasteiger partial charge on any atom is -0.349 e. The minimum atomic E-state index is -0.251. The number of rotatable bonds is 2. The maximum Gasteiger partial charge on any atom is 0.252 e. The van der Waals surface area contributed by atoms with Crippen molar-refractivity contribution in [2.45, 2.75) is 18.9 Å². The minimum absolute atomic E-state index is 0. The predicted octanol–water partition coefficient (Wildman–Crippen LogP) is 1.43. The van der Waals surface area contributed by atoms with Gasteiger partial charge in [0, 0.05) is 23.0 Å². The smallest absolute Gasteiger partial charge is 0.252 e. The third-order valence-corrected chi connectivity index (χ3v) is 3.67. The number of carbonyl (C=O) groups is 1. The molecule has 0 saturated carbocycles. The van der Waals surface area contributed by atoms with Gasteiger partial charge in [0.15, 0.2) is 0 Å². The number of piperidine rings is 1. The first kappa shape index (κ1) is 15.5. The number of hydrogen-bond donors (Lipinski definition) is 3. The number of nitrogens with one attached hydrogen (secondary N) is 3. The number of amides is 1. The highest BCUT2D eigenvalue weighted by molar-refractivity contribution is 6.06. The first-order valence-electron chi connectivity index (χ1n) is 6.88. The molecular weight excluding hydrogens is 290 g/mol. The van der Waals surface area contributed by atoms with Gasteiger partial charge in [-0.15, -0.1) is 12.4 Å². The van der Waals surface area contributed by atoms with Crippen LogP contribution in [0.15, 0.2) is 35.1 Å². The number of pyridine rings is 1. The van der Waals surface area contributed by atoms with Gasteiger partial charge >= 0.3 is 0 Å². The Bertz CT molecular complexity index is 693. The van der Waals surface area contributed by atoms with E-state index in [0.717, 1.165) is 31.3 Å². The lowest BCUT2D eigenvalue weighted by Gasteiger charge is -2.23. The van der Waals surface area contributed by atoms with Crippen molar-refractivity contribution >= 4 is 29.2 Å². The Hall–Kier alpha value is -1.85. The molecule has 1 saturated heterocycles. The van der Waals surface area contributed by atoms with Gasteiger partial charge in [-0.05, 0) is 32.0 Å². The van der Waals surface area contributed by atoms with Crippen LogP contribution in [0.4, 0.5) is 0 Å². The van der Waals surface area contributed by atoms with E-state index >= 15 is 0 Å². The van der Waals surface area contributed by atoms with E-state index in [-0.39, 0.29) is 29.9 Å². The zero-order valence-electron chi connectivity index (χ0n) is 11.5. The molecule has 2 heterocycles. The van der Waals surface area contributed by atoms with Crippen LogP contribution in [0.25, 0.3) is 10.9 Å². The fourth-order valence-corrected chi connectivity index (χ4v) is 2.62. The topological polar surface area (TPSA) is 74.0 Å². The summed E-state index contributed by atoms with van der Waals surface area (Å²) < 4.78 is 0. The molecule has 112 valence electrons. The number of aromatic amines is 1. The summed E-state index contributed by atoms with van der Waals surface area (Å²) in [5.74, 6) is -0.167. The molecule has 1 aromatic carbocycles. The lowest BCUT2D eigenvalue weighted by Crippen LogP contribution is -2.42. The maximum atomic E-state index is 12.4. The molecule has 0 aliphatic carbocycles. The second-order valence-corrected chi connectivity index (χ2v) is 5.09. The molecular formula is C15H18ClN3O2. The molecule has 3 rings (SSSR count). The number of fused-ring (bicyclic) bond motifs is 1. The van der Waals surface area contributed by atoms with Crippen LogP contribution in [0.3, 0.4) is 0 Å². The Morgan fingerprint density at radius 2 is 1.90 bits per heavy atom. The summed E-state index contributed by atoms with van der Waals surface area (Å²) in [6.45, 7) is 1.84. The quantitative estimate of drug-likeness (QED) is 0.786. The molecule has 0 bridgehead atoms. The van der Waals surface area contributed by atoms with E-state index in [1.807, 2.05) is 18.2 Å². The molecule has 21 heavy (non-hydrogen) atoms. The number of benzene rings is 1. The van der Waals surface area contributed by atoms with Crippen LogP contribution in [-0.2, 0) is 0 Å². The van der Waals surface area contributed by atoms with E-state index in [1.54, 1.807) is 6.07 Å². The summed E-state index contributed by atoms with van der Waals surface area (Å²) >= 11 is 0.